The van der Waals surface area contributed by atoms with E-state index in [0.717, 1.165) is 0 Å². The molecule has 0 saturated heterocycles. The first-order chi connectivity index (χ1) is 4.41. The maximum absolute atomic E-state index is 8.74. The molecule has 0 aromatic rings. The van der Waals surface area contributed by atoms with Gasteiger partial charge in [-0.05, 0) is 6.92 Å². The van der Waals surface area contributed by atoms with Gasteiger partial charge in [0.1, 0.15) is 0 Å². The highest BCUT2D eigenvalue weighted by atomic mass is 32.3. The summed E-state index contributed by atoms with van der Waals surface area (Å²) in [5.41, 5.74) is 0. The molecule has 0 aromatic heterocycles. The Kier molecular flexibility index (Phi) is 7.81. The topological polar surface area (TPSA) is 74.6 Å². The highest BCUT2D eigenvalue weighted by Gasteiger charge is 1.84. The molecule has 0 saturated carbocycles. The highest BCUT2D eigenvalue weighted by Crippen LogP contribution is 1.64. The van der Waals surface area contributed by atoms with Gasteiger partial charge in [-0.25, -0.2) is 0 Å². The lowest BCUT2D eigenvalue weighted by atomic mass is 10.5. The number of rotatable bonds is 1. The van der Waals surface area contributed by atoms with Crippen LogP contribution in [0.4, 0.5) is 0 Å². The van der Waals surface area contributed by atoms with Crippen LogP contribution in [-0.4, -0.2) is 17.5 Å². The predicted molar refractivity (Wildman–Crippen MR) is 39.2 cm³/mol. The average Bonchev–Trinajstić information content (AvgIpc) is 1.63. The highest BCUT2D eigenvalue weighted by molar-refractivity contribution is 7.79. The maximum atomic E-state index is 8.74. The summed E-state index contributed by atoms with van der Waals surface area (Å²) in [4.78, 5) is 0. The second kappa shape index (κ2) is 6.47. The Morgan fingerprint density at radius 2 is 1.70 bits per heavy atom. The molecule has 0 unspecified atom stereocenters. The molecule has 0 atom stereocenters. The van der Waals surface area contributed by atoms with Gasteiger partial charge in [-0.15, -0.1) is 0 Å². The fraction of sp³-hybridized carbons (Fsp3) is 0.200. The third-order valence-corrected chi connectivity index (χ3v) is 0.329. The third-order valence-electron chi connectivity index (χ3n) is 0.329. The van der Waals surface area contributed by atoms with Crippen LogP contribution in [0, 0.1) is 0 Å². The minimum Gasteiger partial charge on any atom is -0.264 e. The fourth-order valence-electron chi connectivity index (χ4n) is 0.136. The van der Waals surface area contributed by atoms with Crippen LogP contribution in [0.3, 0.4) is 0 Å². The Hall–Kier alpha value is -0.650. The summed E-state index contributed by atoms with van der Waals surface area (Å²) in [6.45, 7) is 5.42. The molecule has 60 valence electrons. The molecule has 10 heavy (non-hydrogen) atoms. The Morgan fingerprint density at radius 3 is 1.70 bits per heavy atom. The van der Waals surface area contributed by atoms with Crippen LogP contribution < -0.4 is 0 Å². The van der Waals surface area contributed by atoms with Crippen LogP contribution in [0.2, 0.25) is 0 Å². The van der Waals surface area contributed by atoms with Crippen molar-refractivity contribution in [3.8, 4) is 0 Å². The van der Waals surface area contributed by atoms with Crippen LogP contribution >= 0.6 is 0 Å². The van der Waals surface area contributed by atoms with Crippen molar-refractivity contribution in [2.45, 2.75) is 6.92 Å². The predicted octanol–water partition coefficient (Wildman–Crippen LogP) is 1.10. The fourth-order valence-corrected chi connectivity index (χ4v) is 0.136. The van der Waals surface area contributed by atoms with Crippen molar-refractivity contribution in [3.63, 3.8) is 0 Å². The molecule has 2 N–H and O–H groups in total. The van der Waals surface area contributed by atoms with E-state index in [1.807, 2.05) is 19.1 Å². The lowest BCUT2D eigenvalue weighted by Gasteiger charge is -1.68. The molecular formula is C5H10O4S. The molecule has 0 rings (SSSR count). The zero-order chi connectivity index (χ0) is 8.62. The molecule has 0 aliphatic heterocycles. The van der Waals surface area contributed by atoms with Crippen LogP contribution in [0.15, 0.2) is 24.8 Å². The quantitative estimate of drug-likeness (QED) is 0.451. The third kappa shape index (κ3) is 163. The van der Waals surface area contributed by atoms with Crippen molar-refractivity contribution in [2.24, 2.45) is 0 Å². The standard InChI is InChI=1S/C5H8.H2O4S/c1-3-5-4-2;1-5(2,3)4/h3-5H,1H2,2H3;(H2,1,2,3,4). The van der Waals surface area contributed by atoms with Crippen molar-refractivity contribution in [1.82, 2.24) is 0 Å². The molecule has 0 aliphatic carbocycles. The average molecular weight is 166 g/mol. The first-order valence-corrected chi connectivity index (χ1v) is 3.75. The van der Waals surface area contributed by atoms with Crippen molar-refractivity contribution < 1.29 is 17.5 Å². The minimum absolute atomic E-state index is 1.75. The van der Waals surface area contributed by atoms with Gasteiger partial charge in [-0.2, -0.15) is 8.42 Å². The van der Waals surface area contributed by atoms with Gasteiger partial charge in [0.15, 0.2) is 0 Å². The summed E-state index contributed by atoms with van der Waals surface area (Å²) in [6, 6.07) is 0. The summed E-state index contributed by atoms with van der Waals surface area (Å²) in [5, 5.41) is 0. The molecule has 4 nitrogen and oxygen atoms in total. The van der Waals surface area contributed by atoms with E-state index in [4.69, 9.17) is 17.5 Å². The van der Waals surface area contributed by atoms with E-state index in [1.165, 1.54) is 0 Å². The molecule has 0 heterocycles. The SMILES string of the molecule is C=CC=CC.O=S(=O)(O)O. The summed E-state index contributed by atoms with van der Waals surface area (Å²) < 4.78 is 31.6. The molecule has 0 amide bonds. The van der Waals surface area contributed by atoms with E-state index >= 15 is 0 Å². The van der Waals surface area contributed by atoms with Gasteiger partial charge in [0.05, 0.1) is 0 Å². The van der Waals surface area contributed by atoms with Gasteiger partial charge < -0.3 is 0 Å². The van der Waals surface area contributed by atoms with Gasteiger partial charge in [0.25, 0.3) is 0 Å². The lowest BCUT2D eigenvalue weighted by molar-refractivity contribution is 0.381. The molecular weight excluding hydrogens is 156 g/mol. The first kappa shape index (κ1) is 12.1. The van der Waals surface area contributed by atoms with Crippen molar-refractivity contribution in [3.05, 3.63) is 24.8 Å². The molecule has 0 spiro atoms. The van der Waals surface area contributed by atoms with E-state index in [1.54, 1.807) is 6.08 Å². The van der Waals surface area contributed by atoms with E-state index in [2.05, 4.69) is 6.58 Å². The molecule has 0 radical (unpaired) electrons. The Labute approximate surface area is 60.5 Å². The lowest BCUT2D eigenvalue weighted by Crippen LogP contribution is -1.89. The maximum Gasteiger partial charge on any atom is 0.394 e. The Bertz CT molecular complexity index is 182. The van der Waals surface area contributed by atoms with Crippen LogP contribution in [0.5, 0.6) is 0 Å². The van der Waals surface area contributed by atoms with Crippen LogP contribution in [-0.2, 0) is 10.4 Å². The Morgan fingerprint density at radius 1 is 1.40 bits per heavy atom. The molecule has 0 aromatic carbocycles. The Balaban J connectivity index is 0. The first-order valence-electron chi connectivity index (χ1n) is 2.35. The van der Waals surface area contributed by atoms with Gasteiger partial charge in [0.2, 0.25) is 0 Å². The number of allylic oxidation sites excluding steroid dienone is 3. The summed E-state index contributed by atoms with van der Waals surface area (Å²) >= 11 is 0. The van der Waals surface area contributed by atoms with Crippen LogP contribution in [0.25, 0.3) is 0 Å². The molecule has 0 fully saturated rings. The largest absolute Gasteiger partial charge is 0.394 e. The second-order valence-corrected chi connectivity index (χ2v) is 2.10. The minimum atomic E-state index is -4.67. The van der Waals surface area contributed by atoms with Gasteiger partial charge in [-0.3, -0.25) is 9.11 Å². The van der Waals surface area contributed by atoms with Gasteiger partial charge >= 0.3 is 10.4 Å². The van der Waals surface area contributed by atoms with E-state index in [-0.39, 0.29) is 0 Å². The molecule has 5 heteroatoms. The van der Waals surface area contributed by atoms with Gasteiger partial charge in [-0.1, -0.05) is 24.8 Å². The summed E-state index contributed by atoms with van der Waals surface area (Å²) in [5.74, 6) is 0. The van der Waals surface area contributed by atoms with Crippen molar-refractivity contribution in [1.29, 1.82) is 0 Å². The molecule has 0 bridgehead atoms. The zero-order valence-corrected chi connectivity index (χ0v) is 6.37. The number of hydrogen-bond acceptors (Lipinski definition) is 2. The van der Waals surface area contributed by atoms with Crippen molar-refractivity contribution >= 4 is 10.4 Å². The second-order valence-electron chi connectivity index (χ2n) is 1.21. The van der Waals surface area contributed by atoms with Crippen molar-refractivity contribution in [2.75, 3.05) is 0 Å². The van der Waals surface area contributed by atoms with E-state index in [9.17, 15) is 0 Å². The smallest absolute Gasteiger partial charge is 0.264 e. The van der Waals surface area contributed by atoms with Crippen LogP contribution in [0.1, 0.15) is 6.92 Å². The zero-order valence-electron chi connectivity index (χ0n) is 5.56. The summed E-state index contributed by atoms with van der Waals surface area (Å²) in [6.07, 6.45) is 5.58. The molecule has 0 aliphatic rings. The van der Waals surface area contributed by atoms with Gasteiger partial charge in [0, 0.05) is 0 Å². The van der Waals surface area contributed by atoms with E-state index in [0.29, 0.717) is 0 Å². The number of hydrogen-bond donors (Lipinski definition) is 2. The normalized spacial score (nSPS) is 10.3. The monoisotopic (exact) mass is 166 g/mol. The van der Waals surface area contributed by atoms with E-state index < -0.39 is 10.4 Å². The summed E-state index contributed by atoms with van der Waals surface area (Å²) in [7, 11) is -4.67.